The molecule has 3 aromatic rings. The fraction of sp³-hybridized carbons (Fsp3) is 0.235. The van der Waals surface area contributed by atoms with Gasteiger partial charge in [0.1, 0.15) is 6.61 Å². The first-order valence-electron chi connectivity index (χ1n) is 7.42. The molecule has 0 unspecified atom stereocenters. The monoisotopic (exact) mass is 346 g/mol. The van der Waals surface area contributed by atoms with E-state index in [4.69, 9.17) is 9.47 Å². The predicted molar refractivity (Wildman–Crippen MR) is 91.3 cm³/mol. The first kappa shape index (κ1) is 16.3. The zero-order valence-corrected chi connectivity index (χ0v) is 14.3. The van der Waals surface area contributed by atoms with Crippen LogP contribution in [0.4, 0.5) is 0 Å². The van der Waals surface area contributed by atoms with Crippen molar-refractivity contribution >= 4 is 20.9 Å². The smallest absolute Gasteiger partial charge is 0.228 e. The van der Waals surface area contributed by atoms with Crippen LogP contribution >= 0.6 is 0 Å². The molecule has 3 rings (SSSR count). The van der Waals surface area contributed by atoms with Gasteiger partial charge in [-0.2, -0.15) is 0 Å². The van der Waals surface area contributed by atoms with Crippen LogP contribution in [0.15, 0.2) is 53.7 Å². The molecule has 1 aromatic heterocycles. The highest BCUT2D eigenvalue weighted by molar-refractivity contribution is 7.90. The minimum atomic E-state index is -3.43. The SMILES string of the molecule is COc1ccccc1OCCn1c(S(C)(=O)=O)nc2ccccc21. The summed E-state index contributed by atoms with van der Waals surface area (Å²) in [6.45, 7) is 0.657. The molecule has 24 heavy (non-hydrogen) atoms. The highest BCUT2D eigenvalue weighted by Gasteiger charge is 2.19. The lowest BCUT2D eigenvalue weighted by molar-refractivity contribution is 0.277. The number of nitrogens with zero attached hydrogens (tertiary/aromatic N) is 2. The zero-order valence-electron chi connectivity index (χ0n) is 13.5. The standard InChI is InChI=1S/C17H18N2O4S/c1-22-15-9-5-6-10-16(15)23-12-11-19-14-8-4-3-7-13(14)18-17(19)24(2,20)21/h3-10H,11-12H2,1-2H3. The third-order valence-corrected chi connectivity index (χ3v) is 4.57. The van der Waals surface area contributed by atoms with Crippen LogP contribution in [0.3, 0.4) is 0 Å². The van der Waals surface area contributed by atoms with Crippen LogP contribution in [0.25, 0.3) is 11.0 Å². The highest BCUT2D eigenvalue weighted by atomic mass is 32.2. The van der Waals surface area contributed by atoms with Gasteiger partial charge in [-0.1, -0.05) is 24.3 Å². The Bertz CT molecular complexity index is 964. The Morgan fingerprint density at radius 1 is 1.04 bits per heavy atom. The fourth-order valence-electron chi connectivity index (χ4n) is 2.54. The maximum atomic E-state index is 12.0. The van der Waals surface area contributed by atoms with Crippen LogP contribution in [0.2, 0.25) is 0 Å². The van der Waals surface area contributed by atoms with Crippen molar-refractivity contribution in [3.05, 3.63) is 48.5 Å². The van der Waals surface area contributed by atoms with Crippen molar-refractivity contribution in [2.45, 2.75) is 11.7 Å². The van der Waals surface area contributed by atoms with Crippen LogP contribution in [0.1, 0.15) is 0 Å². The number of rotatable bonds is 6. The first-order chi connectivity index (χ1) is 11.5. The van der Waals surface area contributed by atoms with Gasteiger partial charge in [-0.15, -0.1) is 0 Å². The maximum absolute atomic E-state index is 12.0. The van der Waals surface area contributed by atoms with E-state index in [9.17, 15) is 8.42 Å². The molecule has 0 fully saturated rings. The Kier molecular flexibility index (Phi) is 4.44. The van der Waals surface area contributed by atoms with Gasteiger partial charge in [0.25, 0.3) is 0 Å². The molecule has 0 aliphatic carbocycles. The lowest BCUT2D eigenvalue weighted by atomic mass is 10.3. The van der Waals surface area contributed by atoms with E-state index in [0.717, 1.165) is 11.8 Å². The maximum Gasteiger partial charge on any atom is 0.228 e. The lowest BCUT2D eigenvalue weighted by Gasteiger charge is -2.12. The van der Waals surface area contributed by atoms with E-state index in [0.29, 0.717) is 30.2 Å². The van der Waals surface area contributed by atoms with E-state index in [2.05, 4.69) is 4.98 Å². The van der Waals surface area contributed by atoms with Gasteiger partial charge in [0, 0.05) is 6.26 Å². The molecule has 7 heteroatoms. The van der Waals surface area contributed by atoms with E-state index in [1.54, 1.807) is 17.7 Å². The highest BCUT2D eigenvalue weighted by Crippen LogP contribution is 2.26. The lowest BCUT2D eigenvalue weighted by Crippen LogP contribution is -2.14. The molecule has 0 aliphatic rings. The summed E-state index contributed by atoms with van der Waals surface area (Å²) in [6, 6.07) is 14.7. The predicted octanol–water partition coefficient (Wildman–Crippen LogP) is 2.53. The van der Waals surface area contributed by atoms with Gasteiger partial charge in [0.15, 0.2) is 11.5 Å². The third kappa shape index (κ3) is 3.21. The molecule has 0 spiro atoms. The number of hydrogen-bond donors (Lipinski definition) is 0. The Balaban J connectivity index is 1.87. The summed E-state index contributed by atoms with van der Waals surface area (Å²) in [5.74, 6) is 1.25. The van der Waals surface area contributed by atoms with E-state index < -0.39 is 9.84 Å². The summed E-state index contributed by atoms with van der Waals surface area (Å²) in [7, 11) is -1.85. The number of methoxy groups -OCH3 is 1. The number of ether oxygens (including phenoxy) is 2. The summed E-state index contributed by atoms with van der Waals surface area (Å²) in [5.41, 5.74) is 1.41. The Hall–Kier alpha value is -2.54. The summed E-state index contributed by atoms with van der Waals surface area (Å²) >= 11 is 0. The summed E-state index contributed by atoms with van der Waals surface area (Å²) in [4.78, 5) is 4.24. The molecule has 0 radical (unpaired) electrons. The first-order valence-corrected chi connectivity index (χ1v) is 9.31. The van der Waals surface area contributed by atoms with Crippen LogP contribution in [-0.2, 0) is 16.4 Å². The van der Waals surface area contributed by atoms with Crippen molar-refractivity contribution in [3.8, 4) is 11.5 Å². The molecule has 2 aromatic carbocycles. The molecular formula is C17H18N2O4S. The number of para-hydroxylation sites is 4. The van der Waals surface area contributed by atoms with Crippen LogP contribution in [-0.4, -0.2) is 37.9 Å². The number of sulfone groups is 1. The number of aromatic nitrogens is 2. The third-order valence-electron chi connectivity index (χ3n) is 3.59. The average molecular weight is 346 g/mol. The van der Waals surface area contributed by atoms with Gasteiger partial charge < -0.3 is 14.0 Å². The Labute approximate surface area is 140 Å². The molecule has 126 valence electrons. The van der Waals surface area contributed by atoms with Crippen molar-refractivity contribution < 1.29 is 17.9 Å². The van der Waals surface area contributed by atoms with E-state index in [-0.39, 0.29) is 5.16 Å². The Morgan fingerprint density at radius 3 is 2.42 bits per heavy atom. The average Bonchev–Trinajstić information content (AvgIpc) is 2.94. The van der Waals surface area contributed by atoms with Gasteiger partial charge in [-0.05, 0) is 24.3 Å². The molecule has 0 N–H and O–H groups in total. The molecule has 0 aliphatic heterocycles. The van der Waals surface area contributed by atoms with Crippen molar-refractivity contribution in [2.24, 2.45) is 0 Å². The minimum Gasteiger partial charge on any atom is -0.493 e. The molecule has 0 bridgehead atoms. The normalized spacial score (nSPS) is 11.6. The van der Waals surface area contributed by atoms with Crippen LogP contribution in [0.5, 0.6) is 11.5 Å². The van der Waals surface area contributed by atoms with E-state index in [1.807, 2.05) is 42.5 Å². The molecule has 0 saturated carbocycles. The number of fused-ring (bicyclic) bond motifs is 1. The van der Waals surface area contributed by atoms with Crippen molar-refractivity contribution in [2.75, 3.05) is 20.0 Å². The number of hydrogen-bond acceptors (Lipinski definition) is 5. The van der Waals surface area contributed by atoms with Gasteiger partial charge in [-0.3, -0.25) is 0 Å². The quantitative estimate of drug-likeness (QED) is 0.686. The van der Waals surface area contributed by atoms with Crippen molar-refractivity contribution in [1.29, 1.82) is 0 Å². The summed E-state index contributed by atoms with van der Waals surface area (Å²) < 4.78 is 36.7. The second-order valence-electron chi connectivity index (χ2n) is 5.31. The van der Waals surface area contributed by atoms with Crippen molar-refractivity contribution in [1.82, 2.24) is 9.55 Å². The summed E-state index contributed by atoms with van der Waals surface area (Å²) in [5, 5.41) is 0.0485. The van der Waals surface area contributed by atoms with Crippen molar-refractivity contribution in [3.63, 3.8) is 0 Å². The van der Waals surface area contributed by atoms with Gasteiger partial charge in [0.2, 0.25) is 15.0 Å². The molecule has 0 atom stereocenters. The Morgan fingerprint density at radius 2 is 1.71 bits per heavy atom. The van der Waals surface area contributed by atoms with Crippen LogP contribution in [0, 0.1) is 0 Å². The second kappa shape index (κ2) is 6.52. The van der Waals surface area contributed by atoms with E-state index >= 15 is 0 Å². The molecular weight excluding hydrogens is 328 g/mol. The number of imidazole rings is 1. The topological polar surface area (TPSA) is 70.4 Å². The molecule has 0 amide bonds. The molecule has 0 saturated heterocycles. The van der Waals surface area contributed by atoms with Crippen LogP contribution < -0.4 is 9.47 Å². The van der Waals surface area contributed by atoms with E-state index in [1.165, 1.54) is 0 Å². The zero-order chi connectivity index (χ0) is 17.2. The largest absolute Gasteiger partial charge is 0.493 e. The number of benzene rings is 2. The second-order valence-corrected chi connectivity index (χ2v) is 7.22. The molecule has 6 nitrogen and oxygen atoms in total. The fourth-order valence-corrected chi connectivity index (χ4v) is 3.39. The van der Waals surface area contributed by atoms with Gasteiger partial charge in [-0.25, -0.2) is 13.4 Å². The summed E-state index contributed by atoms with van der Waals surface area (Å²) in [6.07, 6.45) is 1.16. The minimum absolute atomic E-state index is 0.0485. The molecule has 1 heterocycles. The van der Waals surface area contributed by atoms with Gasteiger partial charge >= 0.3 is 0 Å². The van der Waals surface area contributed by atoms with Gasteiger partial charge in [0.05, 0.1) is 24.7 Å².